The summed E-state index contributed by atoms with van der Waals surface area (Å²) in [6.07, 6.45) is 8.27. The molecule has 0 spiro atoms. The SMILES string of the molecule is CC(C)(C)NCc1cnccc1N1CC2CCCC2C1. The molecule has 3 nitrogen and oxygen atoms in total. The summed E-state index contributed by atoms with van der Waals surface area (Å²) >= 11 is 0. The lowest BCUT2D eigenvalue weighted by Crippen LogP contribution is -2.35. The van der Waals surface area contributed by atoms with Gasteiger partial charge in [0.2, 0.25) is 0 Å². The Balaban J connectivity index is 1.73. The van der Waals surface area contributed by atoms with Crippen molar-refractivity contribution in [3.63, 3.8) is 0 Å². The molecule has 1 aromatic heterocycles. The van der Waals surface area contributed by atoms with Gasteiger partial charge in [-0.1, -0.05) is 6.42 Å². The zero-order chi connectivity index (χ0) is 14.2. The van der Waals surface area contributed by atoms with E-state index >= 15 is 0 Å². The zero-order valence-corrected chi connectivity index (χ0v) is 13.0. The number of hydrogen-bond donors (Lipinski definition) is 1. The third-order valence-electron chi connectivity index (χ3n) is 4.75. The minimum Gasteiger partial charge on any atom is -0.371 e. The van der Waals surface area contributed by atoms with Gasteiger partial charge in [0.1, 0.15) is 0 Å². The van der Waals surface area contributed by atoms with Gasteiger partial charge in [-0.25, -0.2) is 0 Å². The van der Waals surface area contributed by atoms with Gasteiger partial charge < -0.3 is 10.2 Å². The van der Waals surface area contributed by atoms with Crippen molar-refractivity contribution in [2.45, 2.75) is 52.1 Å². The van der Waals surface area contributed by atoms with Gasteiger partial charge in [-0.15, -0.1) is 0 Å². The number of aromatic nitrogens is 1. The molecular formula is C17H27N3. The molecule has 3 rings (SSSR count). The summed E-state index contributed by atoms with van der Waals surface area (Å²) < 4.78 is 0. The Bertz CT molecular complexity index is 452. The molecule has 2 atom stereocenters. The van der Waals surface area contributed by atoms with Crippen molar-refractivity contribution in [3.8, 4) is 0 Å². The molecule has 1 saturated carbocycles. The van der Waals surface area contributed by atoms with Crippen LogP contribution in [0.25, 0.3) is 0 Å². The molecule has 2 heterocycles. The number of hydrogen-bond acceptors (Lipinski definition) is 3. The highest BCUT2D eigenvalue weighted by molar-refractivity contribution is 5.53. The first-order valence-corrected chi connectivity index (χ1v) is 7.96. The molecule has 0 amide bonds. The van der Waals surface area contributed by atoms with Crippen LogP contribution in [0.15, 0.2) is 18.5 Å². The standard InChI is InChI=1S/C17H27N3/c1-17(2,3)19-10-15-9-18-8-7-16(15)20-11-13-5-4-6-14(13)12-20/h7-9,13-14,19H,4-6,10-12H2,1-3H3. The summed E-state index contributed by atoms with van der Waals surface area (Å²) in [5, 5.41) is 3.59. The van der Waals surface area contributed by atoms with Crippen LogP contribution in [0, 0.1) is 11.8 Å². The third-order valence-corrected chi connectivity index (χ3v) is 4.75. The lowest BCUT2D eigenvalue weighted by Gasteiger charge is -2.25. The fourth-order valence-electron chi connectivity index (χ4n) is 3.66. The van der Waals surface area contributed by atoms with E-state index in [0.717, 1.165) is 18.4 Å². The monoisotopic (exact) mass is 273 g/mol. The van der Waals surface area contributed by atoms with Crippen LogP contribution in [-0.4, -0.2) is 23.6 Å². The van der Waals surface area contributed by atoms with Crippen molar-refractivity contribution in [3.05, 3.63) is 24.0 Å². The van der Waals surface area contributed by atoms with Gasteiger partial charge in [0.25, 0.3) is 0 Å². The molecule has 1 saturated heterocycles. The normalized spacial score (nSPS) is 26.1. The van der Waals surface area contributed by atoms with E-state index in [0.29, 0.717) is 0 Å². The van der Waals surface area contributed by atoms with Crippen molar-refractivity contribution in [2.75, 3.05) is 18.0 Å². The Morgan fingerprint density at radius 1 is 1.25 bits per heavy atom. The molecule has 20 heavy (non-hydrogen) atoms. The Morgan fingerprint density at radius 2 is 1.95 bits per heavy atom. The van der Waals surface area contributed by atoms with Gasteiger partial charge in [-0.2, -0.15) is 0 Å². The molecule has 3 heteroatoms. The maximum absolute atomic E-state index is 4.32. The topological polar surface area (TPSA) is 28.2 Å². The maximum Gasteiger partial charge on any atom is 0.0443 e. The van der Waals surface area contributed by atoms with Crippen LogP contribution in [0.1, 0.15) is 45.6 Å². The summed E-state index contributed by atoms with van der Waals surface area (Å²) in [5.41, 5.74) is 2.88. The van der Waals surface area contributed by atoms with E-state index in [1.54, 1.807) is 0 Å². The van der Waals surface area contributed by atoms with E-state index in [-0.39, 0.29) is 5.54 Å². The fourth-order valence-corrected chi connectivity index (χ4v) is 3.66. The van der Waals surface area contributed by atoms with Gasteiger partial charge >= 0.3 is 0 Å². The lowest BCUT2D eigenvalue weighted by atomic mass is 10.0. The maximum atomic E-state index is 4.32. The summed E-state index contributed by atoms with van der Waals surface area (Å²) in [6, 6.07) is 2.20. The summed E-state index contributed by atoms with van der Waals surface area (Å²) in [7, 11) is 0. The zero-order valence-electron chi connectivity index (χ0n) is 13.0. The van der Waals surface area contributed by atoms with Gasteiger partial charge in [-0.3, -0.25) is 4.98 Å². The number of nitrogens with one attached hydrogen (secondary N) is 1. The first-order valence-electron chi connectivity index (χ1n) is 7.96. The van der Waals surface area contributed by atoms with Crippen LogP contribution in [0.3, 0.4) is 0 Å². The van der Waals surface area contributed by atoms with Crippen LogP contribution in [-0.2, 0) is 6.54 Å². The second kappa shape index (κ2) is 5.36. The Morgan fingerprint density at radius 3 is 2.60 bits per heavy atom. The lowest BCUT2D eigenvalue weighted by molar-refractivity contribution is 0.424. The van der Waals surface area contributed by atoms with Gasteiger partial charge in [0.15, 0.2) is 0 Å². The average Bonchev–Trinajstić information content (AvgIpc) is 2.96. The quantitative estimate of drug-likeness (QED) is 0.916. The molecule has 1 aliphatic carbocycles. The molecule has 0 radical (unpaired) electrons. The number of pyridine rings is 1. The fraction of sp³-hybridized carbons (Fsp3) is 0.706. The summed E-state index contributed by atoms with van der Waals surface area (Å²) in [4.78, 5) is 6.92. The van der Waals surface area contributed by atoms with Crippen molar-refractivity contribution < 1.29 is 0 Å². The highest BCUT2D eigenvalue weighted by Crippen LogP contribution is 2.40. The van der Waals surface area contributed by atoms with Crippen molar-refractivity contribution in [1.29, 1.82) is 0 Å². The van der Waals surface area contributed by atoms with Gasteiger partial charge in [0.05, 0.1) is 0 Å². The second-order valence-electron chi connectivity index (χ2n) is 7.46. The van der Waals surface area contributed by atoms with Crippen LogP contribution in [0.4, 0.5) is 5.69 Å². The first kappa shape index (κ1) is 13.9. The Kier molecular flexibility index (Phi) is 3.72. The number of rotatable bonds is 3. The van der Waals surface area contributed by atoms with E-state index in [1.807, 2.05) is 12.4 Å². The van der Waals surface area contributed by atoms with E-state index in [1.165, 1.54) is 43.6 Å². The number of fused-ring (bicyclic) bond motifs is 1. The summed E-state index contributed by atoms with van der Waals surface area (Å²) in [5.74, 6) is 1.87. The van der Waals surface area contributed by atoms with Crippen LogP contribution in [0.2, 0.25) is 0 Å². The molecule has 2 unspecified atom stereocenters. The molecule has 2 fully saturated rings. The molecule has 1 N–H and O–H groups in total. The molecule has 1 aromatic rings. The van der Waals surface area contributed by atoms with E-state index < -0.39 is 0 Å². The summed E-state index contributed by atoms with van der Waals surface area (Å²) in [6.45, 7) is 10.0. The highest BCUT2D eigenvalue weighted by Gasteiger charge is 2.36. The Hall–Kier alpha value is -1.09. The molecule has 0 bridgehead atoms. The third kappa shape index (κ3) is 2.98. The van der Waals surface area contributed by atoms with Crippen molar-refractivity contribution >= 4 is 5.69 Å². The second-order valence-corrected chi connectivity index (χ2v) is 7.46. The minimum absolute atomic E-state index is 0.147. The molecule has 2 aliphatic rings. The average molecular weight is 273 g/mol. The van der Waals surface area contributed by atoms with Gasteiger partial charge in [-0.05, 0) is 51.5 Å². The molecule has 0 aromatic carbocycles. The molecule has 110 valence electrons. The predicted molar refractivity (Wildman–Crippen MR) is 83.9 cm³/mol. The first-order chi connectivity index (χ1) is 9.53. The van der Waals surface area contributed by atoms with Crippen molar-refractivity contribution in [2.24, 2.45) is 11.8 Å². The van der Waals surface area contributed by atoms with E-state index in [4.69, 9.17) is 0 Å². The van der Waals surface area contributed by atoms with E-state index in [9.17, 15) is 0 Å². The van der Waals surface area contributed by atoms with Crippen LogP contribution < -0.4 is 10.2 Å². The largest absolute Gasteiger partial charge is 0.371 e. The van der Waals surface area contributed by atoms with Crippen molar-refractivity contribution in [1.82, 2.24) is 10.3 Å². The predicted octanol–water partition coefficient (Wildman–Crippen LogP) is 3.21. The Labute approximate surface area is 122 Å². The number of nitrogens with zero attached hydrogens (tertiary/aromatic N) is 2. The molecule has 1 aliphatic heterocycles. The minimum atomic E-state index is 0.147. The van der Waals surface area contributed by atoms with E-state index in [2.05, 4.69) is 42.0 Å². The number of anilines is 1. The molecular weight excluding hydrogens is 246 g/mol. The highest BCUT2D eigenvalue weighted by atomic mass is 15.2. The van der Waals surface area contributed by atoms with Crippen LogP contribution in [0.5, 0.6) is 0 Å². The van der Waals surface area contributed by atoms with Crippen LogP contribution >= 0.6 is 0 Å². The smallest absolute Gasteiger partial charge is 0.0443 e. The van der Waals surface area contributed by atoms with Gasteiger partial charge in [0, 0.05) is 48.8 Å².